The Hall–Kier alpha value is -1.94. The lowest BCUT2D eigenvalue weighted by atomic mass is 9.97. The van der Waals surface area contributed by atoms with E-state index < -0.39 is 27.4 Å². The Morgan fingerprint density at radius 3 is 2.40 bits per heavy atom. The molecular weight excluding hydrogens is 350 g/mol. The van der Waals surface area contributed by atoms with Gasteiger partial charge in [0.25, 0.3) is 0 Å². The SMILES string of the molecule is Cc1noc(C)c1S(=O)(=O)NC1(C(=O)N(C)CCC(=O)O)CCCC1. The van der Waals surface area contributed by atoms with Gasteiger partial charge in [0.2, 0.25) is 15.9 Å². The van der Waals surface area contributed by atoms with Crippen LogP contribution in [0.15, 0.2) is 9.42 Å². The fraction of sp³-hybridized carbons (Fsp3) is 0.667. The highest BCUT2D eigenvalue weighted by molar-refractivity contribution is 7.89. The molecule has 25 heavy (non-hydrogen) atoms. The van der Waals surface area contributed by atoms with Gasteiger partial charge in [0.1, 0.15) is 16.1 Å². The van der Waals surface area contributed by atoms with Crippen LogP contribution in [0.1, 0.15) is 43.6 Å². The molecule has 1 aliphatic rings. The van der Waals surface area contributed by atoms with Crippen molar-refractivity contribution in [1.29, 1.82) is 0 Å². The van der Waals surface area contributed by atoms with Crippen molar-refractivity contribution in [2.24, 2.45) is 0 Å². The van der Waals surface area contributed by atoms with Gasteiger partial charge in [-0.05, 0) is 26.7 Å². The molecule has 0 radical (unpaired) electrons. The van der Waals surface area contributed by atoms with E-state index in [1.807, 2.05) is 0 Å². The Balaban J connectivity index is 2.28. The van der Waals surface area contributed by atoms with Crippen LogP contribution in [0, 0.1) is 13.8 Å². The second-order valence-electron chi connectivity index (χ2n) is 6.42. The van der Waals surface area contributed by atoms with Crippen molar-refractivity contribution in [3.05, 3.63) is 11.5 Å². The van der Waals surface area contributed by atoms with Gasteiger partial charge in [0.05, 0.1) is 6.42 Å². The van der Waals surface area contributed by atoms with Crippen molar-refractivity contribution in [2.75, 3.05) is 13.6 Å². The number of aryl methyl sites for hydroxylation is 2. The van der Waals surface area contributed by atoms with Crippen LogP contribution < -0.4 is 4.72 Å². The summed E-state index contributed by atoms with van der Waals surface area (Å²) in [7, 11) is -2.52. The molecule has 9 nitrogen and oxygen atoms in total. The molecule has 0 aliphatic heterocycles. The Morgan fingerprint density at radius 1 is 1.32 bits per heavy atom. The summed E-state index contributed by atoms with van der Waals surface area (Å²) in [6.45, 7) is 3.03. The molecule has 1 saturated carbocycles. The lowest BCUT2D eigenvalue weighted by Crippen LogP contribution is -2.57. The minimum Gasteiger partial charge on any atom is -0.481 e. The number of nitrogens with one attached hydrogen (secondary N) is 1. The molecule has 10 heteroatoms. The number of rotatable bonds is 7. The molecule has 140 valence electrons. The van der Waals surface area contributed by atoms with Crippen LogP contribution in [0.25, 0.3) is 0 Å². The van der Waals surface area contributed by atoms with Gasteiger partial charge in [-0.3, -0.25) is 9.59 Å². The summed E-state index contributed by atoms with van der Waals surface area (Å²) in [5, 5.41) is 12.4. The number of aliphatic carboxylic acids is 1. The van der Waals surface area contributed by atoms with E-state index in [0.717, 1.165) is 0 Å². The van der Waals surface area contributed by atoms with Crippen LogP contribution in [0.5, 0.6) is 0 Å². The molecular formula is C15H23N3O6S. The molecule has 2 N–H and O–H groups in total. The predicted octanol–water partition coefficient (Wildman–Crippen LogP) is 0.816. The zero-order valence-electron chi connectivity index (χ0n) is 14.5. The summed E-state index contributed by atoms with van der Waals surface area (Å²) >= 11 is 0. The number of amides is 1. The van der Waals surface area contributed by atoms with E-state index >= 15 is 0 Å². The second-order valence-corrected chi connectivity index (χ2v) is 8.04. The minimum absolute atomic E-state index is 0.0168. The maximum atomic E-state index is 12.9. The van der Waals surface area contributed by atoms with E-state index in [1.54, 1.807) is 0 Å². The summed E-state index contributed by atoms with van der Waals surface area (Å²) in [4.78, 5) is 24.8. The maximum Gasteiger partial charge on any atom is 0.305 e. The first-order valence-electron chi connectivity index (χ1n) is 8.03. The second kappa shape index (κ2) is 7.12. The average Bonchev–Trinajstić information content (AvgIpc) is 3.11. The number of sulfonamides is 1. The average molecular weight is 373 g/mol. The summed E-state index contributed by atoms with van der Waals surface area (Å²) in [6.07, 6.45) is 1.96. The topological polar surface area (TPSA) is 130 Å². The molecule has 1 aromatic heterocycles. The number of aromatic nitrogens is 1. The highest BCUT2D eigenvalue weighted by Crippen LogP contribution is 2.34. The smallest absolute Gasteiger partial charge is 0.305 e. The number of carbonyl (C=O) groups excluding carboxylic acids is 1. The third-order valence-corrected chi connectivity index (χ3v) is 6.22. The van der Waals surface area contributed by atoms with Gasteiger partial charge in [-0.1, -0.05) is 18.0 Å². The molecule has 0 unspecified atom stereocenters. The Bertz CT molecular complexity index is 745. The molecule has 0 saturated heterocycles. The van der Waals surface area contributed by atoms with Crippen LogP contribution in [-0.4, -0.2) is 54.6 Å². The Morgan fingerprint density at radius 2 is 1.92 bits per heavy atom. The highest BCUT2D eigenvalue weighted by atomic mass is 32.2. The number of carbonyl (C=O) groups is 2. The van der Waals surface area contributed by atoms with Crippen LogP contribution in [0.3, 0.4) is 0 Å². The molecule has 0 bridgehead atoms. The van der Waals surface area contributed by atoms with Gasteiger partial charge < -0.3 is 14.5 Å². The molecule has 1 fully saturated rings. The van der Waals surface area contributed by atoms with E-state index in [2.05, 4.69) is 9.88 Å². The molecule has 0 atom stereocenters. The van der Waals surface area contributed by atoms with Crippen LogP contribution in [0.4, 0.5) is 0 Å². The summed E-state index contributed by atoms with van der Waals surface area (Å²) in [5.41, 5.74) is -1.03. The number of hydrogen-bond donors (Lipinski definition) is 2. The third-order valence-electron chi connectivity index (χ3n) is 4.44. The molecule has 0 aromatic carbocycles. The van der Waals surface area contributed by atoms with E-state index in [1.165, 1.54) is 25.8 Å². The van der Waals surface area contributed by atoms with Gasteiger partial charge in [-0.25, -0.2) is 8.42 Å². The first-order chi connectivity index (χ1) is 11.6. The number of carboxylic acid groups (broad SMARTS) is 1. The lowest BCUT2D eigenvalue weighted by Gasteiger charge is -2.32. The van der Waals surface area contributed by atoms with Crippen LogP contribution in [-0.2, 0) is 19.6 Å². The monoisotopic (exact) mass is 373 g/mol. The van der Waals surface area contributed by atoms with Crippen molar-refractivity contribution < 1.29 is 27.6 Å². The van der Waals surface area contributed by atoms with Gasteiger partial charge in [0, 0.05) is 13.6 Å². The third kappa shape index (κ3) is 4.01. The van der Waals surface area contributed by atoms with Crippen molar-refractivity contribution in [2.45, 2.75) is 56.4 Å². The quantitative estimate of drug-likeness (QED) is 0.723. The molecule has 0 spiro atoms. The molecule has 1 heterocycles. The summed E-state index contributed by atoms with van der Waals surface area (Å²) in [6, 6.07) is 0. The Kier molecular flexibility index (Phi) is 5.52. The van der Waals surface area contributed by atoms with Gasteiger partial charge >= 0.3 is 5.97 Å². The van der Waals surface area contributed by atoms with Gasteiger partial charge in [-0.2, -0.15) is 4.72 Å². The highest BCUT2D eigenvalue weighted by Gasteiger charge is 2.46. The van der Waals surface area contributed by atoms with E-state index in [4.69, 9.17) is 9.63 Å². The Labute approximate surface area is 146 Å². The zero-order valence-corrected chi connectivity index (χ0v) is 15.4. The van der Waals surface area contributed by atoms with E-state index in [0.29, 0.717) is 25.7 Å². The number of carboxylic acids is 1. The number of likely N-dealkylation sites (N-methyl/N-ethyl adjacent to an activating group) is 1. The molecule has 1 aromatic rings. The van der Waals surface area contributed by atoms with Crippen LogP contribution in [0.2, 0.25) is 0 Å². The standard InChI is InChI=1S/C15H23N3O6S/c1-10-13(11(2)24-16-10)25(22,23)17-15(7-4-5-8-15)14(21)18(3)9-6-12(19)20/h17H,4-9H2,1-3H3,(H,19,20). The van der Waals surface area contributed by atoms with Crippen molar-refractivity contribution in [3.8, 4) is 0 Å². The fourth-order valence-corrected chi connectivity index (χ4v) is 4.98. The number of hydrogen-bond acceptors (Lipinski definition) is 6. The molecule has 1 amide bonds. The normalized spacial score (nSPS) is 16.8. The van der Waals surface area contributed by atoms with Gasteiger partial charge in [0.15, 0.2) is 5.76 Å². The lowest BCUT2D eigenvalue weighted by molar-refractivity contribution is -0.139. The molecule has 1 aliphatic carbocycles. The summed E-state index contributed by atoms with van der Waals surface area (Å²) in [5.74, 6) is -1.28. The fourth-order valence-electron chi connectivity index (χ4n) is 3.23. The van der Waals surface area contributed by atoms with E-state index in [-0.39, 0.29) is 29.3 Å². The zero-order chi connectivity index (χ0) is 18.8. The first-order valence-corrected chi connectivity index (χ1v) is 9.51. The van der Waals surface area contributed by atoms with Crippen molar-refractivity contribution >= 4 is 21.9 Å². The van der Waals surface area contributed by atoms with Gasteiger partial charge in [-0.15, -0.1) is 0 Å². The van der Waals surface area contributed by atoms with E-state index in [9.17, 15) is 18.0 Å². The largest absolute Gasteiger partial charge is 0.481 e. The van der Waals surface area contributed by atoms with Crippen LogP contribution >= 0.6 is 0 Å². The predicted molar refractivity (Wildman–Crippen MR) is 87.4 cm³/mol. The van der Waals surface area contributed by atoms with Crippen molar-refractivity contribution in [3.63, 3.8) is 0 Å². The summed E-state index contributed by atoms with van der Waals surface area (Å²) < 4.78 is 33.1. The maximum absolute atomic E-state index is 12.9. The molecule has 2 rings (SSSR count). The number of nitrogens with zero attached hydrogens (tertiary/aromatic N) is 2. The van der Waals surface area contributed by atoms with Crippen molar-refractivity contribution in [1.82, 2.24) is 14.8 Å². The minimum atomic E-state index is -4.00. The first kappa shape index (κ1) is 19.4.